The van der Waals surface area contributed by atoms with Crippen LogP contribution >= 0.6 is 11.3 Å². The largest absolute Gasteiger partial charge is 0.433 e. The molecule has 0 fully saturated rings. The van der Waals surface area contributed by atoms with E-state index in [0.717, 1.165) is 45.0 Å². The zero-order valence-corrected chi connectivity index (χ0v) is 16.9. The molecule has 0 saturated heterocycles. The molecule has 0 bridgehead atoms. The van der Waals surface area contributed by atoms with E-state index in [1.165, 1.54) is 25.4 Å². The molecule has 0 N–H and O–H groups in total. The van der Waals surface area contributed by atoms with Gasteiger partial charge in [0, 0.05) is 18.8 Å². The lowest BCUT2D eigenvalue weighted by Gasteiger charge is -2.08. The van der Waals surface area contributed by atoms with Crippen molar-refractivity contribution in [3.8, 4) is 21.1 Å². The summed E-state index contributed by atoms with van der Waals surface area (Å²) in [5.41, 5.74) is -1.55. The van der Waals surface area contributed by atoms with Crippen LogP contribution in [0.3, 0.4) is 0 Å². The van der Waals surface area contributed by atoms with E-state index in [0.29, 0.717) is 15.4 Å². The second-order valence-corrected chi connectivity index (χ2v) is 7.81. The number of hydrogen-bond acceptors (Lipinski definition) is 4. The van der Waals surface area contributed by atoms with Gasteiger partial charge >= 0.3 is 12.4 Å². The van der Waals surface area contributed by atoms with Crippen molar-refractivity contribution in [2.24, 2.45) is 7.05 Å². The predicted octanol–water partition coefficient (Wildman–Crippen LogP) is 5.74. The van der Waals surface area contributed by atoms with Gasteiger partial charge in [0.05, 0.1) is 15.3 Å². The first-order chi connectivity index (χ1) is 14.9. The lowest BCUT2D eigenvalue weighted by atomic mass is 10.1. The van der Waals surface area contributed by atoms with Gasteiger partial charge in [0.1, 0.15) is 17.1 Å². The quantitative estimate of drug-likeness (QED) is 0.359. The lowest BCUT2D eigenvalue weighted by Crippen LogP contribution is -2.14. The minimum absolute atomic E-state index is 0.135. The average molecular weight is 470 g/mol. The van der Waals surface area contributed by atoms with E-state index < -0.39 is 29.5 Å². The van der Waals surface area contributed by atoms with Crippen LogP contribution in [0.2, 0.25) is 0 Å². The van der Waals surface area contributed by atoms with Gasteiger partial charge in [-0.25, -0.2) is 4.68 Å². The molecule has 3 aromatic heterocycles. The topological polar surface area (TPSA) is 52.7 Å². The highest BCUT2D eigenvalue weighted by Crippen LogP contribution is 2.36. The molecule has 0 radical (unpaired) electrons. The van der Waals surface area contributed by atoms with Gasteiger partial charge in [0.15, 0.2) is 0 Å². The van der Waals surface area contributed by atoms with E-state index in [2.05, 4.69) is 10.2 Å². The summed E-state index contributed by atoms with van der Waals surface area (Å²) in [6.45, 7) is 0. The summed E-state index contributed by atoms with van der Waals surface area (Å²) in [5.74, 6) is -0.751. The first-order valence-electron chi connectivity index (χ1n) is 8.93. The van der Waals surface area contributed by atoms with E-state index in [1.807, 2.05) is 0 Å². The minimum Gasteiger partial charge on any atom is -0.267 e. The Labute approximate surface area is 180 Å². The molecule has 32 heavy (non-hydrogen) atoms. The number of aromatic nitrogens is 4. The lowest BCUT2D eigenvalue weighted by molar-refractivity contribution is -0.143. The van der Waals surface area contributed by atoms with Crippen LogP contribution < -0.4 is 0 Å². The van der Waals surface area contributed by atoms with Crippen molar-refractivity contribution in [2.75, 3.05) is 0 Å². The number of carbonyl (C=O) groups is 1. The van der Waals surface area contributed by atoms with Crippen LogP contribution in [0.15, 0.2) is 54.7 Å². The third-order valence-corrected chi connectivity index (χ3v) is 5.65. The van der Waals surface area contributed by atoms with Crippen molar-refractivity contribution >= 4 is 17.2 Å². The Bertz CT molecular complexity index is 1300. The molecule has 0 spiro atoms. The normalized spacial score (nSPS) is 12.3. The highest BCUT2D eigenvalue weighted by atomic mass is 32.1. The SMILES string of the molecule is Cn1nc(-c2ccc(-c3ccn(C(=O)c4cccc(C(F)(F)F)c4)n3)s2)cc1C(F)(F)F. The molecule has 0 atom stereocenters. The van der Waals surface area contributed by atoms with Gasteiger partial charge in [-0.3, -0.25) is 9.48 Å². The van der Waals surface area contributed by atoms with E-state index in [9.17, 15) is 31.1 Å². The molecular formula is C20H12F6N4OS. The summed E-state index contributed by atoms with van der Waals surface area (Å²) >= 11 is 1.12. The Balaban J connectivity index is 1.59. The third-order valence-electron chi connectivity index (χ3n) is 4.52. The Kier molecular flexibility index (Phi) is 5.19. The smallest absolute Gasteiger partial charge is 0.267 e. The fourth-order valence-electron chi connectivity index (χ4n) is 3.00. The summed E-state index contributed by atoms with van der Waals surface area (Å²) in [5, 5.41) is 8.00. The maximum absolute atomic E-state index is 13.0. The van der Waals surface area contributed by atoms with Crippen LogP contribution in [0.5, 0.6) is 0 Å². The number of hydrogen-bond donors (Lipinski definition) is 0. The number of alkyl halides is 6. The van der Waals surface area contributed by atoms with Crippen molar-refractivity contribution in [1.29, 1.82) is 0 Å². The van der Waals surface area contributed by atoms with Gasteiger partial charge in [-0.2, -0.15) is 36.5 Å². The molecular weight excluding hydrogens is 458 g/mol. The summed E-state index contributed by atoms with van der Waals surface area (Å²) in [7, 11) is 1.20. The van der Waals surface area contributed by atoms with Gasteiger partial charge in [0.2, 0.25) is 0 Å². The van der Waals surface area contributed by atoms with Gasteiger partial charge < -0.3 is 0 Å². The number of aryl methyl sites for hydroxylation is 1. The van der Waals surface area contributed by atoms with Gasteiger partial charge in [-0.1, -0.05) is 6.07 Å². The van der Waals surface area contributed by atoms with Crippen molar-refractivity contribution in [2.45, 2.75) is 12.4 Å². The molecule has 3 heterocycles. The number of halogens is 6. The van der Waals surface area contributed by atoms with Crippen molar-refractivity contribution in [1.82, 2.24) is 19.6 Å². The van der Waals surface area contributed by atoms with E-state index in [1.54, 1.807) is 12.1 Å². The second kappa shape index (κ2) is 7.62. The zero-order chi connectivity index (χ0) is 23.3. The molecule has 0 unspecified atom stereocenters. The standard InChI is InChI=1S/C20H12F6N4OS/c1-29-17(20(24,25)26)10-14(27-29)16-6-5-15(32-16)13-7-8-30(28-13)18(31)11-3-2-4-12(9-11)19(21,22)23/h2-10H,1H3. The molecule has 4 rings (SSSR count). The highest BCUT2D eigenvalue weighted by Gasteiger charge is 2.35. The van der Waals surface area contributed by atoms with Crippen LogP contribution in [0.4, 0.5) is 26.3 Å². The summed E-state index contributed by atoms with van der Waals surface area (Å²) in [6, 6.07) is 9.60. The van der Waals surface area contributed by atoms with Crippen molar-refractivity contribution < 1.29 is 31.1 Å². The molecule has 1 aromatic carbocycles. The van der Waals surface area contributed by atoms with Crippen LogP contribution in [-0.4, -0.2) is 25.5 Å². The van der Waals surface area contributed by atoms with E-state index in [4.69, 9.17) is 0 Å². The molecule has 5 nitrogen and oxygen atoms in total. The van der Waals surface area contributed by atoms with Crippen LogP contribution in [0, 0.1) is 0 Å². The molecule has 0 aliphatic rings. The van der Waals surface area contributed by atoms with Crippen LogP contribution in [0.1, 0.15) is 21.6 Å². The fourth-order valence-corrected chi connectivity index (χ4v) is 3.92. The van der Waals surface area contributed by atoms with Gasteiger partial charge in [-0.05, 0) is 42.5 Å². The van der Waals surface area contributed by atoms with Crippen LogP contribution in [-0.2, 0) is 19.4 Å². The predicted molar refractivity (Wildman–Crippen MR) is 104 cm³/mol. The Morgan fingerprint density at radius 2 is 1.56 bits per heavy atom. The fraction of sp³-hybridized carbons (Fsp3) is 0.150. The molecule has 166 valence electrons. The van der Waals surface area contributed by atoms with Crippen LogP contribution in [0.25, 0.3) is 21.1 Å². The summed E-state index contributed by atoms with van der Waals surface area (Å²) < 4.78 is 79.3. The van der Waals surface area contributed by atoms with Gasteiger partial charge in [0.25, 0.3) is 5.91 Å². The number of carbonyl (C=O) groups excluding carboxylic acids is 1. The first-order valence-corrected chi connectivity index (χ1v) is 9.74. The number of benzene rings is 1. The van der Waals surface area contributed by atoms with Crippen molar-refractivity contribution in [3.63, 3.8) is 0 Å². The average Bonchev–Trinajstić information content (AvgIpc) is 3.45. The molecule has 0 amide bonds. The monoisotopic (exact) mass is 470 g/mol. The zero-order valence-electron chi connectivity index (χ0n) is 16.1. The minimum atomic E-state index is -4.59. The maximum atomic E-state index is 13.0. The summed E-state index contributed by atoms with van der Waals surface area (Å²) in [4.78, 5) is 13.6. The second-order valence-electron chi connectivity index (χ2n) is 6.73. The third kappa shape index (κ3) is 4.17. The highest BCUT2D eigenvalue weighted by molar-refractivity contribution is 7.18. The Morgan fingerprint density at radius 1 is 0.875 bits per heavy atom. The maximum Gasteiger partial charge on any atom is 0.433 e. The number of thiophene rings is 1. The molecule has 0 saturated carbocycles. The molecule has 12 heteroatoms. The van der Waals surface area contributed by atoms with Gasteiger partial charge in [-0.15, -0.1) is 11.3 Å². The van der Waals surface area contributed by atoms with E-state index in [-0.39, 0.29) is 11.3 Å². The summed E-state index contributed by atoms with van der Waals surface area (Å²) in [6.07, 6.45) is -7.82. The molecule has 0 aliphatic heterocycles. The molecule has 4 aromatic rings. The Morgan fingerprint density at radius 3 is 2.19 bits per heavy atom. The Hall–Kier alpha value is -3.41. The molecule has 0 aliphatic carbocycles. The first kappa shape index (κ1) is 21.8. The van der Waals surface area contributed by atoms with Crippen molar-refractivity contribution in [3.05, 3.63) is 71.5 Å². The van der Waals surface area contributed by atoms with E-state index >= 15 is 0 Å². The number of rotatable bonds is 3. The number of nitrogens with zero attached hydrogens (tertiary/aromatic N) is 4.